The highest BCUT2D eigenvalue weighted by Crippen LogP contribution is 2.25. The Bertz CT molecular complexity index is 917. The molecule has 136 valence electrons. The van der Waals surface area contributed by atoms with Crippen LogP contribution in [0.2, 0.25) is 0 Å². The van der Waals surface area contributed by atoms with E-state index >= 15 is 0 Å². The lowest BCUT2D eigenvalue weighted by Crippen LogP contribution is -2.99. The maximum atomic E-state index is 7.84. The molecule has 0 aliphatic carbocycles. The molecule has 0 amide bonds. The summed E-state index contributed by atoms with van der Waals surface area (Å²) in [6.45, 7) is 1.89. The van der Waals surface area contributed by atoms with Crippen LogP contribution in [0.4, 0.5) is 22.9 Å². The first kappa shape index (κ1) is 18.8. The second-order valence-corrected chi connectivity index (χ2v) is 6.64. The third-order valence-electron chi connectivity index (χ3n) is 4.27. The van der Waals surface area contributed by atoms with Crippen LogP contribution in [0.15, 0.2) is 42.5 Å². The van der Waals surface area contributed by atoms with Gasteiger partial charge in [-0.15, -0.1) is 3.17 Å². The molecule has 3 N–H and O–H groups in total. The minimum absolute atomic E-state index is 0.622. The van der Waals surface area contributed by atoms with Gasteiger partial charge in [0.15, 0.2) is 23.0 Å². The van der Waals surface area contributed by atoms with Crippen LogP contribution < -0.4 is 15.0 Å². The Morgan fingerprint density at radius 2 is 1.69 bits per heavy atom. The lowest BCUT2D eigenvalue weighted by Gasteiger charge is -2.17. The standard InChI is InChI=1S/C18H20IN5O2/c1-12-20-17-10-9-15(24(25)26-19)11-16(17)18(21-12)23(4)14-7-5-13(6-8-14)22(2)3/h5-11,25H,1-4H3/p+2. The second kappa shape index (κ2) is 7.70. The van der Waals surface area contributed by atoms with E-state index in [9.17, 15) is 0 Å². The Labute approximate surface area is 166 Å². The van der Waals surface area contributed by atoms with Crippen molar-refractivity contribution < 1.29 is 13.3 Å². The van der Waals surface area contributed by atoms with Crippen LogP contribution in [0.5, 0.6) is 0 Å². The van der Waals surface area contributed by atoms with E-state index in [1.165, 1.54) is 0 Å². The molecule has 0 aliphatic rings. The quantitative estimate of drug-likeness (QED) is 0.354. The maximum Gasteiger partial charge on any atom is 0.242 e. The molecule has 8 heteroatoms. The molecule has 0 radical (unpaired) electrons. The van der Waals surface area contributed by atoms with Crippen molar-refractivity contribution in [1.29, 1.82) is 0 Å². The Balaban J connectivity index is 2.09. The number of quaternary nitrogens is 1. The van der Waals surface area contributed by atoms with Crippen molar-refractivity contribution in [3.63, 3.8) is 0 Å². The van der Waals surface area contributed by atoms with Gasteiger partial charge >= 0.3 is 0 Å². The predicted octanol–water partition coefficient (Wildman–Crippen LogP) is 2.21. The number of halogens is 1. The Morgan fingerprint density at radius 3 is 2.31 bits per heavy atom. The zero-order chi connectivity index (χ0) is 18.8. The highest BCUT2D eigenvalue weighted by atomic mass is 127. The molecule has 0 bridgehead atoms. The van der Waals surface area contributed by atoms with Gasteiger partial charge in [-0.1, -0.05) is 0 Å². The van der Waals surface area contributed by atoms with Crippen molar-refractivity contribution in [2.24, 2.45) is 0 Å². The fourth-order valence-electron chi connectivity index (χ4n) is 2.83. The molecule has 26 heavy (non-hydrogen) atoms. The van der Waals surface area contributed by atoms with Crippen LogP contribution >= 0.6 is 23.0 Å². The number of anilines is 2. The largest absolute Gasteiger partial charge is 0.378 e. The summed E-state index contributed by atoms with van der Waals surface area (Å²) in [6, 6.07) is 14.0. The molecular formula is C18H22IN5O2+2. The zero-order valence-corrected chi connectivity index (χ0v) is 17.3. The number of aromatic nitrogens is 2. The van der Waals surface area contributed by atoms with Crippen molar-refractivity contribution >= 4 is 56.8 Å². The molecule has 0 spiro atoms. The van der Waals surface area contributed by atoms with Crippen LogP contribution in [0.1, 0.15) is 5.82 Å². The number of hydrogen-bond acceptors (Lipinski definition) is 5. The van der Waals surface area contributed by atoms with E-state index in [-0.39, 0.29) is 0 Å². The first-order valence-electron chi connectivity index (χ1n) is 8.11. The summed E-state index contributed by atoms with van der Waals surface area (Å²) in [6.07, 6.45) is 0. The third kappa shape index (κ3) is 3.73. The monoisotopic (exact) mass is 467 g/mol. The van der Waals surface area contributed by atoms with E-state index in [0.29, 0.717) is 5.69 Å². The van der Waals surface area contributed by atoms with Crippen LogP contribution in [0.25, 0.3) is 10.9 Å². The molecule has 0 saturated heterocycles. The van der Waals surface area contributed by atoms with Gasteiger partial charge in [0, 0.05) is 37.1 Å². The van der Waals surface area contributed by atoms with Crippen LogP contribution in [0, 0.1) is 6.92 Å². The molecule has 0 fully saturated rings. The minimum Gasteiger partial charge on any atom is -0.378 e. The Morgan fingerprint density at radius 1 is 1.04 bits per heavy atom. The number of rotatable bonds is 5. The highest BCUT2D eigenvalue weighted by Gasteiger charge is 2.20. The number of fused-ring (bicyclic) bond motifs is 1. The summed E-state index contributed by atoms with van der Waals surface area (Å²) in [5.41, 5.74) is 3.73. The first-order valence-corrected chi connectivity index (χ1v) is 8.99. The van der Waals surface area contributed by atoms with E-state index < -0.39 is 0 Å². The van der Waals surface area contributed by atoms with E-state index in [2.05, 4.69) is 46.2 Å². The number of aryl methyl sites for hydroxylation is 1. The fourth-order valence-corrected chi connectivity index (χ4v) is 3.06. The molecule has 2 aromatic carbocycles. The highest BCUT2D eigenvalue weighted by molar-refractivity contribution is 14.1. The van der Waals surface area contributed by atoms with Gasteiger partial charge in [0.1, 0.15) is 17.2 Å². The van der Waals surface area contributed by atoms with E-state index in [1.807, 2.05) is 39.2 Å². The van der Waals surface area contributed by atoms with Crippen LogP contribution in [-0.2, 0) is 3.17 Å². The normalized spacial score (nSPS) is 12.2. The number of hydrogen-bond donors (Lipinski definition) is 1. The fraction of sp³-hybridized carbons (Fsp3) is 0.222. The molecule has 0 saturated carbocycles. The van der Waals surface area contributed by atoms with Crippen LogP contribution in [-0.4, -0.2) is 36.3 Å². The van der Waals surface area contributed by atoms with Crippen molar-refractivity contribution in [3.05, 3.63) is 48.3 Å². The number of benzene rings is 2. The average Bonchev–Trinajstić information content (AvgIpc) is 2.65. The maximum absolute atomic E-state index is 7.84. The zero-order valence-electron chi connectivity index (χ0n) is 15.1. The van der Waals surface area contributed by atoms with Gasteiger partial charge in [-0.3, -0.25) is 10.1 Å². The summed E-state index contributed by atoms with van der Waals surface area (Å²) in [4.78, 5) is 12.3. The summed E-state index contributed by atoms with van der Waals surface area (Å²) >= 11 is 1.68. The van der Waals surface area contributed by atoms with Gasteiger partial charge in [0.2, 0.25) is 5.82 Å². The molecule has 7 nitrogen and oxygen atoms in total. The van der Waals surface area contributed by atoms with E-state index in [0.717, 1.165) is 44.0 Å². The van der Waals surface area contributed by atoms with Crippen molar-refractivity contribution in [2.75, 3.05) is 31.3 Å². The first-order chi connectivity index (χ1) is 12.4. The van der Waals surface area contributed by atoms with Crippen LogP contribution in [0.3, 0.4) is 0 Å². The summed E-state index contributed by atoms with van der Waals surface area (Å²) in [5, 5.41) is 9.70. The van der Waals surface area contributed by atoms with Gasteiger partial charge in [-0.05, 0) is 37.3 Å². The molecule has 3 rings (SSSR count). The van der Waals surface area contributed by atoms with E-state index in [4.69, 9.17) is 8.37 Å². The number of nitrogens with one attached hydrogen (secondary N) is 1. The lowest BCUT2D eigenvalue weighted by molar-refractivity contribution is -0.736. The van der Waals surface area contributed by atoms with Crippen molar-refractivity contribution in [3.8, 4) is 0 Å². The second-order valence-electron chi connectivity index (χ2n) is 6.25. The topological polar surface area (TPSA) is 68.8 Å². The van der Waals surface area contributed by atoms with Crippen molar-refractivity contribution in [2.45, 2.75) is 6.92 Å². The smallest absolute Gasteiger partial charge is 0.242 e. The predicted molar refractivity (Wildman–Crippen MR) is 112 cm³/mol. The number of nitrogens with zero attached hydrogens (tertiary/aromatic N) is 4. The molecule has 1 heterocycles. The van der Waals surface area contributed by atoms with Gasteiger partial charge in [0.05, 0.1) is 18.0 Å². The van der Waals surface area contributed by atoms with Gasteiger partial charge in [-0.25, -0.2) is 4.98 Å². The summed E-state index contributed by atoms with van der Waals surface area (Å²) in [7, 11) is 6.11. The molecule has 3 aromatic rings. The van der Waals surface area contributed by atoms with Gasteiger partial charge in [0.25, 0.3) is 0 Å². The average molecular weight is 467 g/mol. The van der Waals surface area contributed by atoms with Crippen molar-refractivity contribution in [1.82, 2.24) is 9.97 Å². The third-order valence-corrected chi connectivity index (χ3v) is 4.66. The molecule has 1 unspecified atom stereocenters. The minimum atomic E-state index is 0.622. The van der Waals surface area contributed by atoms with E-state index in [1.54, 1.807) is 23.0 Å². The summed E-state index contributed by atoms with van der Waals surface area (Å²) in [5.74, 6) is 1.59. The SMILES string of the molecule is Cc1nc([NH+](C)c2ccc(N(C)C)cc2)c2cc(N([OH2+])OI)ccc2n1. The molecule has 1 aromatic heterocycles. The molecule has 1 atom stereocenters. The Hall–Kier alpha value is -2.01. The van der Waals surface area contributed by atoms with Gasteiger partial charge < -0.3 is 4.90 Å². The Kier molecular flexibility index (Phi) is 5.56. The summed E-state index contributed by atoms with van der Waals surface area (Å²) < 4.78 is 4.95. The lowest BCUT2D eigenvalue weighted by atomic mass is 10.2. The van der Waals surface area contributed by atoms with Gasteiger partial charge in [-0.2, -0.15) is 4.98 Å². The molecular weight excluding hydrogens is 445 g/mol. The molecule has 0 aliphatic heterocycles.